The number of hydrogen-bond donors (Lipinski definition) is 2. The van der Waals surface area contributed by atoms with Crippen molar-refractivity contribution in [1.29, 1.82) is 0 Å². The van der Waals surface area contributed by atoms with Gasteiger partial charge in [-0.2, -0.15) is 0 Å². The molecule has 0 aromatic heterocycles. The lowest BCUT2D eigenvalue weighted by molar-refractivity contribution is -0.0832. The molecule has 0 aliphatic heterocycles. The van der Waals surface area contributed by atoms with Crippen molar-refractivity contribution in [1.82, 2.24) is 0 Å². The van der Waals surface area contributed by atoms with Crippen molar-refractivity contribution in [3.63, 3.8) is 0 Å². The monoisotopic (exact) mass is 228 g/mol. The highest BCUT2D eigenvalue weighted by atomic mass is 16.3. The van der Waals surface area contributed by atoms with Crippen LogP contribution in [0, 0.1) is 23.2 Å². The molecule has 5 atom stereocenters. The number of aliphatic hydroxyl groups excluding tert-OH is 2. The van der Waals surface area contributed by atoms with Crippen molar-refractivity contribution in [3.8, 4) is 0 Å². The molecule has 0 spiro atoms. The Kier molecular flexibility index (Phi) is 4.42. The number of aliphatic hydroxyl groups is 2. The average Bonchev–Trinajstić information content (AvgIpc) is 2.18. The van der Waals surface area contributed by atoms with Gasteiger partial charge in [-0.25, -0.2) is 0 Å². The van der Waals surface area contributed by atoms with E-state index in [4.69, 9.17) is 0 Å². The molecule has 0 bridgehead atoms. The fourth-order valence-corrected chi connectivity index (χ4v) is 2.67. The molecule has 0 radical (unpaired) electrons. The van der Waals surface area contributed by atoms with Gasteiger partial charge in [0.25, 0.3) is 0 Å². The van der Waals surface area contributed by atoms with Crippen LogP contribution in [0.2, 0.25) is 0 Å². The number of hydrogen-bond acceptors (Lipinski definition) is 2. The lowest BCUT2D eigenvalue weighted by atomic mass is 9.70. The quantitative estimate of drug-likeness (QED) is 0.763. The van der Waals surface area contributed by atoms with Gasteiger partial charge in [0, 0.05) is 0 Å². The van der Waals surface area contributed by atoms with Crippen LogP contribution in [0.15, 0.2) is 0 Å². The summed E-state index contributed by atoms with van der Waals surface area (Å²) < 4.78 is 0. The smallest absolute Gasteiger partial charge is 0.0849 e. The molecule has 2 heteroatoms. The van der Waals surface area contributed by atoms with Gasteiger partial charge in [0.1, 0.15) is 0 Å². The predicted octanol–water partition coefficient (Wildman–Crippen LogP) is 2.83. The zero-order valence-electron chi connectivity index (χ0n) is 11.4. The summed E-state index contributed by atoms with van der Waals surface area (Å²) in [6.07, 6.45) is 2.11. The Bertz CT molecular complexity index is 219. The summed E-state index contributed by atoms with van der Waals surface area (Å²) in [5.74, 6) is 1.70. The first-order chi connectivity index (χ1) is 7.23. The minimum atomic E-state index is -0.613. The molecule has 0 heterocycles. The van der Waals surface area contributed by atoms with Gasteiger partial charge in [-0.1, -0.05) is 41.0 Å². The van der Waals surface area contributed by atoms with Crippen molar-refractivity contribution in [2.75, 3.05) is 0 Å². The lowest BCUT2D eigenvalue weighted by Gasteiger charge is -2.39. The van der Waals surface area contributed by atoms with Gasteiger partial charge >= 0.3 is 0 Å². The van der Waals surface area contributed by atoms with Crippen LogP contribution in [0.1, 0.15) is 53.9 Å². The van der Waals surface area contributed by atoms with Crippen LogP contribution in [0.3, 0.4) is 0 Å². The van der Waals surface area contributed by atoms with Crippen LogP contribution in [-0.2, 0) is 0 Å². The summed E-state index contributed by atoms with van der Waals surface area (Å²) >= 11 is 0. The zero-order chi connectivity index (χ0) is 12.5. The average molecular weight is 228 g/mol. The molecule has 0 saturated heterocycles. The Hall–Kier alpha value is -0.0800. The van der Waals surface area contributed by atoms with E-state index in [2.05, 4.69) is 13.8 Å². The summed E-state index contributed by atoms with van der Waals surface area (Å²) in [6, 6.07) is 0. The maximum absolute atomic E-state index is 10.2. The molecular formula is C14H28O2. The first kappa shape index (κ1) is 14.0. The van der Waals surface area contributed by atoms with E-state index >= 15 is 0 Å². The fourth-order valence-electron chi connectivity index (χ4n) is 2.67. The normalized spacial score (nSPS) is 35.8. The van der Waals surface area contributed by atoms with Gasteiger partial charge in [0.2, 0.25) is 0 Å². The molecule has 1 saturated carbocycles. The first-order valence-electron chi connectivity index (χ1n) is 6.59. The Morgan fingerprint density at radius 2 is 1.56 bits per heavy atom. The van der Waals surface area contributed by atoms with E-state index in [1.165, 1.54) is 6.42 Å². The molecule has 0 aromatic carbocycles. The molecule has 1 aliphatic carbocycles. The summed E-state index contributed by atoms with van der Waals surface area (Å²) in [5.41, 5.74) is -0.230. The van der Waals surface area contributed by atoms with Crippen molar-refractivity contribution < 1.29 is 10.2 Å². The molecule has 1 rings (SSSR count). The van der Waals surface area contributed by atoms with Gasteiger partial charge < -0.3 is 10.2 Å². The van der Waals surface area contributed by atoms with Crippen molar-refractivity contribution in [2.24, 2.45) is 23.2 Å². The van der Waals surface area contributed by atoms with Gasteiger partial charge in [0.15, 0.2) is 0 Å². The second-order valence-corrected chi connectivity index (χ2v) is 6.83. The molecule has 2 N–H and O–H groups in total. The van der Waals surface area contributed by atoms with E-state index in [1.807, 2.05) is 20.8 Å². The predicted molar refractivity (Wildman–Crippen MR) is 67.1 cm³/mol. The lowest BCUT2D eigenvalue weighted by Crippen LogP contribution is -2.44. The van der Waals surface area contributed by atoms with Gasteiger partial charge in [-0.15, -0.1) is 0 Å². The van der Waals surface area contributed by atoms with Crippen molar-refractivity contribution >= 4 is 0 Å². The van der Waals surface area contributed by atoms with Gasteiger partial charge in [0.05, 0.1) is 12.2 Å². The topological polar surface area (TPSA) is 40.5 Å². The van der Waals surface area contributed by atoms with Crippen LogP contribution < -0.4 is 0 Å². The van der Waals surface area contributed by atoms with Gasteiger partial charge in [-0.3, -0.25) is 0 Å². The molecule has 96 valence electrons. The molecule has 2 nitrogen and oxygen atoms in total. The second-order valence-electron chi connectivity index (χ2n) is 6.83. The molecular weight excluding hydrogens is 200 g/mol. The minimum absolute atomic E-state index is 0.230. The van der Waals surface area contributed by atoms with Crippen LogP contribution in [0.25, 0.3) is 0 Å². The van der Waals surface area contributed by atoms with Crippen LogP contribution in [-0.4, -0.2) is 22.4 Å². The number of rotatable bonds is 2. The van der Waals surface area contributed by atoms with E-state index in [-0.39, 0.29) is 11.3 Å². The third-order valence-electron chi connectivity index (χ3n) is 4.33. The summed E-state index contributed by atoms with van der Waals surface area (Å²) in [4.78, 5) is 0. The maximum Gasteiger partial charge on any atom is 0.0849 e. The third-order valence-corrected chi connectivity index (χ3v) is 4.33. The van der Waals surface area contributed by atoms with E-state index < -0.39 is 12.2 Å². The van der Waals surface area contributed by atoms with Crippen molar-refractivity contribution in [2.45, 2.75) is 66.1 Å². The van der Waals surface area contributed by atoms with E-state index in [0.29, 0.717) is 5.92 Å². The van der Waals surface area contributed by atoms with Crippen LogP contribution in [0.4, 0.5) is 0 Å². The molecule has 0 aromatic rings. The maximum atomic E-state index is 10.2. The van der Waals surface area contributed by atoms with E-state index in [9.17, 15) is 10.2 Å². The Balaban J connectivity index is 2.58. The van der Waals surface area contributed by atoms with E-state index in [1.54, 1.807) is 0 Å². The first-order valence-corrected chi connectivity index (χ1v) is 6.59. The molecule has 1 fully saturated rings. The van der Waals surface area contributed by atoms with Crippen LogP contribution in [0.5, 0.6) is 0 Å². The molecule has 0 amide bonds. The highest BCUT2D eigenvalue weighted by Gasteiger charge is 2.37. The second kappa shape index (κ2) is 5.05. The summed E-state index contributed by atoms with van der Waals surface area (Å²) in [5, 5.41) is 20.3. The van der Waals surface area contributed by atoms with Crippen LogP contribution >= 0.6 is 0 Å². The fraction of sp³-hybridized carbons (Fsp3) is 1.00. The highest BCUT2D eigenvalue weighted by Crippen LogP contribution is 2.37. The summed E-state index contributed by atoms with van der Waals surface area (Å²) in [6.45, 7) is 10.5. The summed E-state index contributed by atoms with van der Waals surface area (Å²) in [7, 11) is 0. The Morgan fingerprint density at radius 1 is 1.00 bits per heavy atom. The van der Waals surface area contributed by atoms with Crippen molar-refractivity contribution in [3.05, 3.63) is 0 Å². The zero-order valence-corrected chi connectivity index (χ0v) is 11.4. The largest absolute Gasteiger partial charge is 0.390 e. The highest BCUT2D eigenvalue weighted by molar-refractivity contribution is 4.87. The van der Waals surface area contributed by atoms with E-state index in [0.717, 1.165) is 18.8 Å². The van der Waals surface area contributed by atoms with Gasteiger partial charge in [-0.05, 0) is 36.0 Å². The SMILES string of the molecule is CC1CCC(C(O)C(O)C(C)(C)C)CC1C. The minimum Gasteiger partial charge on any atom is -0.390 e. The molecule has 5 unspecified atom stereocenters. The molecule has 1 aliphatic rings. The molecule has 16 heavy (non-hydrogen) atoms. The Morgan fingerprint density at radius 3 is 2.00 bits per heavy atom. The standard InChI is InChI=1S/C14H28O2/c1-9-6-7-11(8-10(9)2)12(15)13(16)14(3,4)5/h9-13,15-16H,6-8H2,1-5H3. The Labute approximate surface area is 100 Å². The third kappa shape index (κ3) is 3.21.